The van der Waals surface area contributed by atoms with Crippen molar-refractivity contribution in [3.63, 3.8) is 0 Å². The third kappa shape index (κ3) is 1.15. The van der Waals surface area contributed by atoms with Crippen LogP contribution in [0.15, 0.2) is 22.0 Å². The van der Waals surface area contributed by atoms with Gasteiger partial charge in [0.25, 0.3) is 0 Å². The maximum absolute atomic E-state index is 13.0. The lowest BCUT2D eigenvalue weighted by atomic mass is 10.2. The molecular weight excluding hydrogens is 246 g/mol. The fourth-order valence-electron chi connectivity index (χ4n) is 1.02. The van der Waals surface area contributed by atoms with Crippen molar-refractivity contribution in [1.29, 1.82) is 0 Å². The number of rotatable bonds is 0. The Morgan fingerprint density at radius 1 is 1.25 bits per heavy atom. The maximum atomic E-state index is 13.0. The van der Waals surface area contributed by atoms with Crippen LogP contribution in [0.25, 0.3) is 10.1 Å². The first-order valence-electron chi connectivity index (χ1n) is 3.21. The summed E-state index contributed by atoms with van der Waals surface area (Å²) in [6.45, 7) is 0. The molecule has 0 atom stereocenters. The van der Waals surface area contributed by atoms with Gasteiger partial charge in [-0.25, -0.2) is 8.78 Å². The molecule has 2 aromatic rings. The van der Waals surface area contributed by atoms with E-state index in [4.69, 9.17) is 0 Å². The van der Waals surface area contributed by atoms with Gasteiger partial charge in [-0.2, -0.15) is 0 Å². The second-order valence-corrected chi connectivity index (χ2v) is 4.79. The van der Waals surface area contributed by atoms with Crippen LogP contribution < -0.4 is 0 Å². The number of halogens is 3. The van der Waals surface area contributed by atoms with Crippen molar-refractivity contribution >= 4 is 37.4 Å². The molecule has 12 heavy (non-hydrogen) atoms. The van der Waals surface area contributed by atoms with E-state index in [1.165, 1.54) is 11.3 Å². The van der Waals surface area contributed by atoms with Gasteiger partial charge in [0.2, 0.25) is 0 Å². The first-order chi connectivity index (χ1) is 5.68. The van der Waals surface area contributed by atoms with Gasteiger partial charge in [-0.3, -0.25) is 0 Å². The van der Waals surface area contributed by atoms with Crippen molar-refractivity contribution in [2.24, 2.45) is 0 Å². The summed E-state index contributed by atoms with van der Waals surface area (Å²) in [5, 5.41) is 0.340. The van der Waals surface area contributed by atoms with Crippen LogP contribution in [0.3, 0.4) is 0 Å². The summed E-state index contributed by atoms with van der Waals surface area (Å²) in [5.74, 6) is -1.57. The van der Waals surface area contributed by atoms with E-state index in [1.54, 1.807) is 12.1 Å². The van der Waals surface area contributed by atoms with Crippen LogP contribution in [0.1, 0.15) is 0 Å². The third-order valence-electron chi connectivity index (χ3n) is 1.56. The van der Waals surface area contributed by atoms with Gasteiger partial charge >= 0.3 is 0 Å². The summed E-state index contributed by atoms with van der Waals surface area (Å²) in [7, 11) is 0. The Kier molecular flexibility index (Phi) is 1.88. The van der Waals surface area contributed by atoms with E-state index >= 15 is 0 Å². The van der Waals surface area contributed by atoms with E-state index in [9.17, 15) is 8.78 Å². The third-order valence-corrected chi connectivity index (χ3v) is 3.16. The fraction of sp³-hybridized carbons (Fsp3) is 0. The van der Waals surface area contributed by atoms with E-state index < -0.39 is 11.6 Å². The number of benzene rings is 1. The van der Waals surface area contributed by atoms with Gasteiger partial charge in [-0.15, -0.1) is 11.3 Å². The lowest BCUT2D eigenvalue weighted by molar-refractivity contribution is 0.517. The molecule has 0 bridgehead atoms. The largest absolute Gasteiger partial charge is 0.204 e. The normalized spacial score (nSPS) is 10.9. The van der Waals surface area contributed by atoms with Crippen LogP contribution in [0.5, 0.6) is 0 Å². The van der Waals surface area contributed by atoms with Crippen LogP contribution in [0.4, 0.5) is 8.78 Å². The highest BCUT2D eigenvalue weighted by molar-refractivity contribution is 9.11. The molecule has 2 rings (SSSR count). The molecule has 0 nitrogen and oxygen atoms in total. The van der Waals surface area contributed by atoms with Crippen molar-refractivity contribution in [2.75, 3.05) is 0 Å². The molecule has 0 aliphatic carbocycles. The minimum absolute atomic E-state index is 0.340. The molecular formula is C8H3BrF2S. The maximum Gasteiger partial charge on any atom is 0.167 e. The predicted molar refractivity (Wildman–Crippen MR) is 49.4 cm³/mol. The fourth-order valence-corrected chi connectivity index (χ4v) is 2.55. The number of fused-ring (bicyclic) bond motifs is 1. The van der Waals surface area contributed by atoms with E-state index in [-0.39, 0.29) is 0 Å². The zero-order valence-corrected chi connectivity index (χ0v) is 8.18. The number of thiophene rings is 1. The minimum atomic E-state index is -0.798. The molecule has 0 radical (unpaired) electrons. The average molecular weight is 249 g/mol. The first-order valence-corrected chi connectivity index (χ1v) is 4.82. The topological polar surface area (TPSA) is 0 Å². The summed E-state index contributed by atoms with van der Waals surface area (Å²) in [6.07, 6.45) is 0. The predicted octanol–water partition coefficient (Wildman–Crippen LogP) is 3.94. The van der Waals surface area contributed by atoms with Crippen LogP contribution in [-0.2, 0) is 0 Å². The van der Waals surface area contributed by atoms with E-state index in [1.807, 2.05) is 0 Å². The Morgan fingerprint density at radius 2 is 2.00 bits per heavy atom. The minimum Gasteiger partial charge on any atom is -0.204 e. The van der Waals surface area contributed by atoms with Gasteiger partial charge in [0.15, 0.2) is 11.6 Å². The van der Waals surface area contributed by atoms with Crippen molar-refractivity contribution in [2.45, 2.75) is 0 Å². The van der Waals surface area contributed by atoms with E-state index in [0.29, 0.717) is 5.39 Å². The van der Waals surface area contributed by atoms with Gasteiger partial charge in [0, 0.05) is 10.1 Å². The first kappa shape index (κ1) is 8.13. The van der Waals surface area contributed by atoms with Crippen molar-refractivity contribution in [1.82, 2.24) is 0 Å². The molecule has 0 fully saturated rings. The molecule has 1 aromatic carbocycles. The molecule has 62 valence electrons. The van der Waals surface area contributed by atoms with E-state index in [2.05, 4.69) is 15.9 Å². The Labute approximate surface area is 80.0 Å². The highest BCUT2D eigenvalue weighted by Crippen LogP contribution is 2.31. The highest BCUT2D eigenvalue weighted by Gasteiger charge is 2.08. The zero-order valence-electron chi connectivity index (χ0n) is 5.77. The van der Waals surface area contributed by atoms with Gasteiger partial charge in [-0.1, -0.05) is 0 Å². The lowest BCUT2D eigenvalue weighted by Gasteiger charge is -1.92. The Balaban J connectivity index is 2.89. The molecule has 0 saturated heterocycles. The molecule has 0 aliphatic heterocycles. The second-order valence-electron chi connectivity index (χ2n) is 2.32. The monoisotopic (exact) mass is 248 g/mol. The lowest BCUT2D eigenvalue weighted by Crippen LogP contribution is -1.81. The summed E-state index contributed by atoms with van der Waals surface area (Å²) < 4.78 is 27.3. The summed E-state index contributed by atoms with van der Waals surface area (Å²) >= 11 is 4.60. The molecule has 0 N–H and O–H groups in total. The van der Waals surface area contributed by atoms with Crippen molar-refractivity contribution in [3.8, 4) is 0 Å². The zero-order chi connectivity index (χ0) is 8.72. The van der Waals surface area contributed by atoms with Crippen molar-refractivity contribution in [3.05, 3.63) is 33.6 Å². The van der Waals surface area contributed by atoms with Crippen LogP contribution in [0.2, 0.25) is 0 Å². The standard InChI is InChI=1S/C8H3BrF2S/c9-7-3-4-6(12-7)2-1-5(10)8(4)11/h1-3H. The highest BCUT2D eigenvalue weighted by atomic mass is 79.9. The summed E-state index contributed by atoms with van der Waals surface area (Å²) in [5.41, 5.74) is 0. The molecule has 1 aromatic heterocycles. The molecule has 4 heteroatoms. The van der Waals surface area contributed by atoms with E-state index in [0.717, 1.165) is 14.6 Å². The quantitative estimate of drug-likeness (QED) is 0.663. The van der Waals surface area contributed by atoms with Gasteiger partial charge in [0.05, 0.1) is 3.79 Å². The number of hydrogen-bond acceptors (Lipinski definition) is 1. The van der Waals surface area contributed by atoms with Gasteiger partial charge < -0.3 is 0 Å². The molecule has 0 saturated carbocycles. The molecule has 0 unspecified atom stereocenters. The van der Waals surface area contributed by atoms with Gasteiger partial charge in [0.1, 0.15) is 0 Å². The van der Waals surface area contributed by atoms with Crippen molar-refractivity contribution < 1.29 is 8.78 Å². The summed E-state index contributed by atoms with van der Waals surface area (Å²) in [4.78, 5) is 0. The Hall–Kier alpha value is -0.480. The number of hydrogen-bond donors (Lipinski definition) is 0. The Morgan fingerprint density at radius 3 is 2.75 bits per heavy atom. The van der Waals surface area contributed by atoms with Crippen LogP contribution >= 0.6 is 27.3 Å². The van der Waals surface area contributed by atoms with Crippen LogP contribution in [0, 0.1) is 11.6 Å². The molecule has 0 spiro atoms. The average Bonchev–Trinajstić information content (AvgIpc) is 2.39. The summed E-state index contributed by atoms with van der Waals surface area (Å²) in [6, 6.07) is 4.29. The Bertz CT molecular complexity index is 436. The SMILES string of the molecule is Fc1ccc2sc(Br)cc2c1F. The van der Waals surface area contributed by atoms with Crippen LogP contribution in [-0.4, -0.2) is 0 Å². The molecule has 0 aliphatic rings. The van der Waals surface area contributed by atoms with Gasteiger partial charge in [-0.05, 0) is 34.1 Å². The molecule has 1 heterocycles. The smallest absolute Gasteiger partial charge is 0.167 e. The second kappa shape index (κ2) is 2.78. The molecule has 0 amide bonds.